The molecule has 0 aromatic rings. The highest BCUT2D eigenvalue weighted by molar-refractivity contribution is 7.00. The molecule has 0 heterocycles. The number of hydrogen-bond donors (Lipinski definition) is 0. The number of terminal acetylenes is 2. The normalized spacial score (nSPS) is 10.5. The maximum absolute atomic E-state index is 5.33. The molecule has 0 nitrogen and oxygen atoms in total. The van der Waals surface area contributed by atoms with Crippen molar-refractivity contribution in [1.29, 1.82) is 0 Å². The molecule has 0 saturated heterocycles. The van der Waals surface area contributed by atoms with Gasteiger partial charge in [-0.25, -0.2) is 0 Å². The molecule has 0 bridgehead atoms. The maximum Gasteiger partial charge on any atom is 0.286 e. The highest BCUT2D eigenvalue weighted by Crippen LogP contribution is 2.00. The summed E-state index contributed by atoms with van der Waals surface area (Å²) in [5.74, 6) is 0. The molecule has 12 heavy (non-hydrogen) atoms. The minimum absolute atomic E-state index is 1.32. The Labute approximate surface area is 77.8 Å². The third-order valence-electron chi connectivity index (χ3n) is 1.26. The zero-order valence-electron chi connectivity index (χ0n) is 8.15. The first kappa shape index (κ1) is 11.1. The number of rotatable bonds is 0. The van der Waals surface area contributed by atoms with Gasteiger partial charge in [0, 0.05) is 0 Å². The second-order valence-electron chi connectivity index (χ2n) is 3.91. The third-order valence-corrected chi connectivity index (χ3v) is 4.17. The van der Waals surface area contributed by atoms with Gasteiger partial charge in [-0.1, -0.05) is 19.6 Å². The molecule has 62 valence electrons. The molecule has 2 heteroatoms. The third kappa shape index (κ3) is 4.09. The first-order chi connectivity index (χ1) is 5.33. The van der Waals surface area contributed by atoms with Crippen molar-refractivity contribution in [3.05, 3.63) is 0 Å². The van der Waals surface area contributed by atoms with Gasteiger partial charge in [-0.15, -0.1) is 35.0 Å². The van der Waals surface area contributed by atoms with Crippen LogP contribution in [0.4, 0.5) is 0 Å². The molecule has 0 radical (unpaired) electrons. The Morgan fingerprint density at radius 3 is 1.50 bits per heavy atom. The lowest BCUT2D eigenvalue weighted by Gasteiger charge is -2.07. The van der Waals surface area contributed by atoms with Gasteiger partial charge >= 0.3 is 0 Å². The predicted octanol–water partition coefficient (Wildman–Crippen LogP) is 1.83. The fourth-order valence-corrected chi connectivity index (χ4v) is 3.15. The van der Waals surface area contributed by atoms with Crippen molar-refractivity contribution in [3.8, 4) is 35.0 Å². The summed E-state index contributed by atoms with van der Waals surface area (Å²) in [6.45, 7) is 8.48. The van der Waals surface area contributed by atoms with Gasteiger partial charge in [0.2, 0.25) is 0 Å². The van der Waals surface area contributed by atoms with Gasteiger partial charge in [0.25, 0.3) is 8.07 Å². The minimum Gasteiger partial charge on any atom is -0.137 e. The Morgan fingerprint density at radius 1 is 0.833 bits per heavy atom. The molecule has 0 aromatic heterocycles. The highest BCUT2D eigenvalue weighted by Gasteiger charge is 2.19. The number of hydrogen-bond acceptors (Lipinski definition) is 0. The SMILES string of the molecule is C#C[Si](C)(C#C)C#C[Si](C)(C)C. The molecule has 0 atom stereocenters. The van der Waals surface area contributed by atoms with E-state index < -0.39 is 16.1 Å². The Bertz CT molecular complexity index is 282. The van der Waals surface area contributed by atoms with Crippen LogP contribution in [-0.4, -0.2) is 16.1 Å². The molecule has 0 N–H and O–H groups in total. The monoisotopic (exact) mass is 190 g/mol. The largest absolute Gasteiger partial charge is 0.286 e. The first-order valence-corrected chi connectivity index (χ1v) is 9.83. The Balaban J connectivity index is 4.76. The van der Waals surface area contributed by atoms with E-state index in [0.717, 1.165) is 0 Å². The Morgan fingerprint density at radius 2 is 1.25 bits per heavy atom. The van der Waals surface area contributed by atoms with E-state index in [1.165, 1.54) is 0 Å². The molecule has 0 saturated carbocycles. The summed E-state index contributed by atoms with van der Waals surface area (Å²) >= 11 is 0. The zero-order chi connectivity index (χ0) is 9.83. The Hall–Kier alpha value is -0.886. The van der Waals surface area contributed by atoms with Crippen LogP contribution in [0.15, 0.2) is 0 Å². The topological polar surface area (TPSA) is 0 Å². The van der Waals surface area contributed by atoms with E-state index in [4.69, 9.17) is 12.8 Å². The van der Waals surface area contributed by atoms with Gasteiger partial charge in [-0.2, -0.15) is 0 Å². The van der Waals surface area contributed by atoms with Crippen LogP contribution in [0, 0.1) is 35.0 Å². The predicted molar refractivity (Wildman–Crippen MR) is 60.4 cm³/mol. The molecule has 0 aliphatic rings. The lowest BCUT2D eigenvalue weighted by Crippen LogP contribution is -2.27. The summed E-state index contributed by atoms with van der Waals surface area (Å²) in [5, 5.41) is 0. The van der Waals surface area contributed by atoms with Gasteiger partial charge in [0.05, 0.1) is 0 Å². The lowest BCUT2D eigenvalue weighted by molar-refractivity contribution is 1.81. The fraction of sp³-hybridized carbons (Fsp3) is 0.400. The van der Waals surface area contributed by atoms with Gasteiger partial charge < -0.3 is 0 Å². The van der Waals surface area contributed by atoms with Crippen molar-refractivity contribution in [2.75, 3.05) is 0 Å². The van der Waals surface area contributed by atoms with Gasteiger partial charge in [-0.3, -0.25) is 0 Å². The van der Waals surface area contributed by atoms with Crippen molar-refractivity contribution in [3.63, 3.8) is 0 Å². The highest BCUT2D eigenvalue weighted by atomic mass is 28.3. The van der Waals surface area contributed by atoms with E-state index in [9.17, 15) is 0 Å². The summed E-state index contributed by atoms with van der Waals surface area (Å²) in [6.07, 6.45) is 10.7. The van der Waals surface area contributed by atoms with Crippen molar-refractivity contribution >= 4 is 16.1 Å². The smallest absolute Gasteiger partial charge is 0.137 e. The molecule has 0 spiro atoms. The fourth-order valence-electron chi connectivity index (χ4n) is 0.426. The van der Waals surface area contributed by atoms with Crippen LogP contribution in [0.2, 0.25) is 26.2 Å². The molecular weight excluding hydrogens is 176 g/mol. The van der Waals surface area contributed by atoms with Crippen molar-refractivity contribution in [2.24, 2.45) is 0 Å². The van der Waals surface area contributed by atoms with E-state index >= 15 is 0 Å². The van der Waals surface area contributed by atoms with E-state index in [1.54, 1.807) is 0 Å². The summed E-state index contributed by atoms with van der Waals surface area (Å²) in [4.78, 5) is 0. The van der Waals surface area contributed by atoms with Crippen LogP contribution < -0.4 is 0 Å². The molecule has 0 aliphatic heterocycles. The standard InChI is InChI=1S/C10H14Si2/c1-7-12(6,8-2)10-9-11(3,4)5/h1-2H,3-6H3. The van der Waals surface area contributed by atoms with Gasteiger partial charge in [-0.05, 0) is 6.55 Å². The minimum atomic E-state index is -2.08. The van der Waals surface area contributed by atoms with E-state index in [1.807, 2.05) is 6.55 Å². The van der Waals surface area contributed by atoms with Crippen LogP contribution in [0.5, 0.6) is 0 Å². The van der Waals surface area contributed by atoms with E-state index in [-0.39, 0.29) is 0 Å². The molecule has 0 unspecified atom stereocenters. The first-order valence-electron chi connectivity index (χ1n) is 3.83. The van der Waals surface area contributed by atoms with Crippen molar-refractivity contribution in [1.82, 2.24) is 0 Å². The molecule has 0 rings (SSSR count). The summed E-state index contributed by atoms with van der Waals surface area (Å²) in [7, 11) is -3.40. The maximum atomic E-state index is 5.33. The quantitative estimate of drug-likeness (QED) is 0.404. The summed E-state index contributed by atoms with van der Waals surface area (Å²) < 4.78 is 0. The Kier molecular flexibility index (Phi) is 3.41. The molecule has 0 amide bonds. The van der Waals surface area contributed by atoms with Crippen LogP contribution in [-0.2, 0) is 0 Å². The van der Waals surface area contributed by atoms with Gasteiger partial charge in [0.1, 0.15) is 8.07 Å². The van der Waals surface area contributed by atoms with Gasteiger partial charge in [0.15, 0.2) is 0 Å². The van der Waals surface area contributed by atoms with Crippen LogP contribution in [0.25, 0.3) is 0 Å². The van der Waals surface area contributed by atoms with E-state index in [0.29, 0.717) is 0 Å². The molecule has 0 aromatic carbocycles. The zero-order valence-corrected chi connectivity index (χ0v) is 10.2. The second-order valence-corrected chi connectivity index (χ2v) is 11.7. The average molecular weight is 190 g/mol. The molecular formula is C10H14Si2. The average Bonchev–Trinajstić information content (AvgIpc) is 1.99. The lowest BCUT2D eigenvalue weighted by atomic mass is 11.3. The van der Waals surface area contributed by atoms with Crippen LogP contribution in [0.1, 0.15) is 0 Å². The summed E-state index contributed by atoms with van der Waals surface area (Å²) in [6, 6.07) is 0. The van der Waals surface area contributed by atoms with Crippen molar-refractivity contribution in [2.45, 2.75) is 26.2 Å². The molecule has 0 fully saturated rings. The second kappa shape index (κ2) is 3.68. The van der Waals surface area contributed by atoms with Crippen LogP contribution in [0.3, 0.4) is 0 Å². The van der Waals surface area contributed by atoms with Crippen LogP contribution >= 0.6 is 0 Å². The van der Waals surface area contributed by atoms with Crippen molar-refractivity contribution < 1.29 is 0 Å². The molecule has 0 aliphatic carbocycles. The van der Waals surface area contributed by atoms with E-state index in [2.05, 4.69) is 41.8 Å². The summed E-state index contributed by atoms with van der Waals surface area (Å²) in [5.41, 5.74) is 11.6.